The van der Waals surface area contributed by atoms with Gasteiger partial charge in [-0.1, -0.05) is 29.3 Å². The Kier molecular flexibility index (Phi) is 8.37. The Hall–Kier alpha value is -1.30. The molecule has 0 aromatic heterocycles. The zero-order valence-electron chi connectivity index (χ0n) is 13.7. The van der Waals surface area contributed by atoms with Crippen LogP contribution in [0.5, 0.6) is 0 Å². The Morgan fingerprint density at radius 3 is 2.43 bits per heavy atom. The third-order valence-electron chi connectivity index (χ3n) is 3.30. The lowest BCUT2D eigenvalue weighted by molar-refractivity contribution is -0.136. The average Bonchev–Trinajstić information content (AvgIpc) is 2.47. The first-order valence-corrected chi connectivity index (χ1v) is 8.29. The summed E-state index contributed by atoms with van der Waals surface area (Å²) in [5.74, 6) is -0.238. The van der Waals surface area contributed by atoms with E-state index in [1.54, 1.807) is 12.1 Å². The predicted octanol–water partition coefficient (Wildman–Crippen LogP) is 2.41. The Balaban J connectivity index is 2.58. The third-order valence-corrected chi connectivity index (χ3v) is 3.89. The molecule has 1 N–H and O–H groups in total. The van der Waals surface area contributed by atoms with Gasteiger partial charge in [-0.25, -0.2) is 0 Å². The van der Waals surface area contributed by atoms with Crippen LogP contribution in [0.15, 0.2) is 18.2 Å². The summed E-state index contributed by atoms with van der Waals surface area (Å²) >= 11 is 12.0. The van der Waals surface area contributed by atoms with E-state index in [4.69, 9.17) is 23.2 Å². The molecule has 1 aromatic carbocycles. The summed E-state index contributed by atoms with van der Waals surface area (Å²) in [5.41, 5.74) is 0.901. The van der Waals surface area contributed by atoms with Gasteiger partial charge in [-0.2, -0.15) is 0 Å². The number of rotatable bonds is 8. The molecule has 0 saturated heterocycles. The van der Waals surface area contributed by atoms with Gasteiger partial charge in [0.2, 0.25) is 11.8 Å². The molecule has 0 heterocycles. The molecule has 5 nitrogen and oxygen atoms in total. The Morgan fingerprint density at radius 1 is 1.17 bits per heavy atom. The molecule has 0 atom stereocenters. The highest BCUT2D eigenvalue weighted by Crippen LogP contribution is 2.21. The smallest absolute Gasteiger partial charge is 0.239 e. The van der Waals surface area contributed by atoms with Crippen molar-refractivity contribution in [3.63, 3.8) is 0 Å². The summed E-state index contributed by atoms with van der Waals surface area (Å²) < 4.78 is 0. The topological polar surface area (TPSA) is 52.7 Å². The van der Waals surface area contributed by atoms with Gasteiger partial charge in [-0.05, 0) is 38.6 Å². The summed E-state index contributed by atoms with van der Waals surface area (Å²) in [7, 11) is 1.84. The molecule has 128 valence electrons. The Bertz CT molecular complexity index is 552. The number of nitrogens with zero attached hydrogens (tertiary/aromatic N) is 2. The summed E-state index contributed by atoms with van der Waals surface area (Å²) in [4.78, 5) is 27.3. The van der Waals surface area contributed by atoms with Gasteiger partial charge < -0.3 is 10.2 Å². The summed E-state index contributed by atoms with van der Waals surface area (Å²) in [6.07, 6.45) is 0. The Labute approximate surface area is 147 Å². The number of carbonyl (C=O) groups excluding carboxylic acids is 2. The molecule has 0 spiro atoms. The minimum atomic E-state index is -0.147. The number of halogens is 2. The second-order valence-corrected chi connectivity index (χ2v) is 6.11. The van der Waals surface area contributed by atoms with Gasteiger partial charge in [0, 0.05) is 29.7 Å². The van der Waals surface area contributed by atoms with Crippen molar-refractivity contribution in [3.05, 3.63) is 33.8 Å². The van der Waals surface area contributed by atoms with Gasteiger partial charge in [-0.15, -0.1) is 0 Å². The molecule has 0 unspecified atom stereocenters. The van der Waals surface area contributed by atoms with Gasteiger partial charge in [0.15, 0.2) is 0 Å². The summed E-state index contributed by atoms with van der Waals surface area (Å²) in [5, 5.41) is 3.85. The van der Waals surface area contributed by atoms with E-state index in [9.17, 15) is 9.59 Å². The van der Waals surface area contributed by atoms with Crippen molar-refractivity contribution in [3.8, 4) is 0 Å². The van der Waals surface area contributed by atoms with Crippen LogP contribution >= 0.6 is 23.2 Å². The lowest BCUT2D eigenvalue weighted by Gasteiger charge is -2.24. The van der Waals surface area contributed by atoms with Crippen molar-refractivity contribution in [1.29, 1.82) is 0 Å². The molecule has 1 rings (SSSR count). The van der Waals surface area contributed by atoms with Crippen LogP contribution in [0, 0.1) is 0 Å². The van der Waals surface area contributed by atoms with E-state index in [2.05, 4.69) is 5.32 Å². The number of nitrogens with one attached hydrogen (secondary N) is 1. The lowest BCUT2D eigenvalue weighted by atomic mass is 10.2. The van der Waals surface area contributed by atoms with Crippen LogP contribution < -0.4 is 5.32 Å². The monoisotopic (exact) mass is 359 g/mol. The van der Waals surface area contributed by atoms with Crippen LogP contribution in [0.3, 0.4) is 0 Å². The van der Waals surface area contributed by atoms with E-state index in [0.717, 1.165) is 5.56 Å². The molecule has 0 saturated carbocycles. The van der Waals surface area contributed by atoms with E-state index in [1.807, 2.05) is 31.9 Å². The second-order valence-electron chi connectivity index (χ2n) is 5.27. The molecule has 0 bridgehead atoms. The second kappa shape index (κ2) is 9.75. The third kappa shape index (κ3) is 6.77. The average molecular weight is 360 g/mol. The maximum Gasteiger partial charge on any atom is 0.239 e. The number of carbonyl (C=O) groups is 2. The highest BCUT2D eigenvalue weighted by Gasteiger charge is 2.17. The van der Waals surface area contributed by atoms with Crippen molar-refractivity contribution in [2.75, 3.05) is 33.2 Å². The first-order valence-electron chi connectivity index (χ1n) is 7.54. The first kappa shape index (κ1) is 19.7. The SMILES string of the molecule is CCNC(=O)CN(CC)C(=O)CN(C)Cc1ccc(Cl)cc1Cl. The quantitative estimate of drug-likeness (QED) is 0.775. The highest BCUT2D eigenvalue weighted by molar-refractivity contribution is 6.35. The fourth-order valence-electron chi connectivity index (χ4n) is 2.13. The minimum Gasteiger partial charge on any atom is -0.355 e. The molecule has 2 amide bonds. The lowest BCUT2D eigenvalue weighted by Crippen LogP contribution is -2.44. The van der Waals surface area contributed by atoms with E-state index in [0.29, 0.717) is 29.7 Å². The number of likely N-dealkylation sites (N-methyl/N-ethyl adjacent to an activating group) is 3. The predicted molar refractivity (Wildman–Crippen MR) is 93.7 cm³/mol. The van der Waals surface area contributed by atoms with Gasteiger partial charge in [0.05, 0.1) is 13.1 Å². The molecule has 23 heavy (non-hydrogen) atoms. The minimum absolute atomic E-state index is 0.0821. The number of hydrogen-bond acceptors (Lipinski definition) is 3. The largest absolute Gasteiger partial charge is 0.355 e. The Morgan fingerprint density at radius 2 is 1.87 bits per heavy atom. The highest BCUT2D eigenvalue weighted by atomic mass is 35.5. The van der Waals surface area contributed by atoms with Gasteiger partial charge in [0.1, 0.15) is 0 Å². The molecule has 0 aliphatic rings. The maximum atomic E-state index is 12.3. The van der Waals surface area contributed by atoms with E-state index >= 15 is 0 Å². The van der Waals surface area contributed by atoms with Crippen molar-refractivity contribution in [1.82, 2.24) is 15.1 Å². The van der Waals surface area contributed by atoms with E-state index in [-0.39, 0.29) is 24.9 Å². The normalized spacial score (nSPS) is 10.7. The van der Waals surface area contributed by atoms with Crippen molar-refractivity contribution in [2.45, 2.75) is 20.4 Å². The van der Waals surface area contributed by atoms with E-state index in [1.165, 1.54) is 4.90 Å². The van der Waals surface area contributed by atoms with Crippen LogP contribution in [0.2, 0.25) is 10.0 Å². The molecule has 0 aliphatic heterocycles. The van der Waals surface area contributed by atoms with Crippen molar-refractivity contribution in [2.24, 2.45) is 0 Å². The fourth-order valence-corrected chi connectivity index (χ4v) is 2.60. The number of hydrogen-bond donors (Lipinski definition) is 1. The molecule has 0 aliphatic carbocycles. The number of benzene rings is 1. The molecular formula is C16H23Cl2N3O2. The maximum absolute atomic E-state index is 12.3. The standard InChI is InChI=1S/C16H23Cl2N3O2/c1-4-19-15(22)10-21(5-2)16(23)11-20(3)9-12-6-7-13(17)8-14(12)18/h6-8H,4-5,9-11H2,1-3H3,(H,19,22). The first-order chi connectivity index (χ1) is 10.9. The van der Waals surface area contributed by atoms with Crippen LogP contribution in [-0.4, -0.2) is 54.8 Å². The fraction of sp³-hybridized carbons (Fsp3) is 0.500. The molecule has 0 radical (unpaired) electrons. The zero-order valence-corrected chi connectivity index (χ0v) is 15.2. The van der Waals surface area contributed by atoms with E-state index < -0.39 is 0 Å². The van der Waals surface area contributed by atoms with Crippen molar-refractivity contribution >= 4 is 35.0 Å². The van der Waals surface area contributed by atoms with Crippen LogP contribution in [-0.2, 0) is 16.1 Å². The van der Waals surface area contributed by atoms with Crippen LogP contribution in [0.4, 0.5) is 0 Å². The summed E-state index contributed by atoms with van der Waals surface area (Å²) in [6.45, 7) is 5.57. The molecule has 0 fully saturated rings. The molecular weight excluding hydrogens is 337 g/mol. The van der Waals surface area contributed by atoms with Crippen molar-refractivity contribution < 1.29 is 9.59 Å². The molecule has 1 aromatic rings. The van der Waals surface area contributed by atoms with Gasteiger partial charge >= 0.3 is 0 Å². The number of amides is 2. The zero-order chi connectivity index (χ0) is 17.4. The van der Waals surface area contributed by atoms with Crippen LogP contribution in [0.25, 0.3) is 0 Å². The van der Waals surface area contributed by atoms with Gasteiger partial charge in [-0.3, -0.25) is 14.5 Å². The molecule has 7 heteroatoms. The van der Waals surface area contributed by atoms with Crippen LogP contribution in [0.1, 0.15) is 19.4 Å². The van der Waals surface area contributed by atoms with Gasteiger partial charge in [0.25, 0.3) is 0 Å². The summed E-state index contributed by atoms with van der Waals surface area (Å²) in [6, 6.07) is 5.30.